The Morgan fingerprint density at radius 2 is 1.86 bits per heavy atom. The number of ether oxygens (including phenoxy) is 3. The molecular weight excluding hydrogens is 488 g/mol. The third kappa shape index (κ3) is 5.65. The van der Waals surface area contributed by atoms with Gasteiger partial charge < -0.3 is 14.2 Å². The molecule has 9 nitrogen and oxygen atoms in total. The molecule has 0 bridgehead atoms. The molecule has 36 heavy (non-hydrogen) atoms. The molecule has 0 spiro atoms. The van der Waals surface area contributed by atoms with Gasteiger partial charge in [0.25, 0.3) is 5.69 Å². The number of esters is 2. The van der Waals surface area contributed by atoms with Crippen LogP contribution < -0.4 is 9.47 Å². The Bertz CT molecular complexity index is 1460. The summed E-state index contributed by atoms with van der Waals surface area (Å²) in [6.45, 7) is 0. The number of halogens is 1. The summed E-state index contributed by atoms with van der Waals surface area (Å²) in [4.78, 5) is 39.2. The Labute approximate surface area is 210 Å². The van der Waals surface area contributed by atoms with Crippen molar-refractivity contribution in [2.75, 3.05) is 7.11 Å². The Morgan fingerprint density at radius 1 is 1.06 bits per heavy atom. The molecule has 0 unspecified atom stereocenters. The van der Waals surface area contributed by atoms with Crippen LogP contribution in [0, 0.1) is 10.1 Å². The predicted molar refractivity (Wildman–Crippen MR) is 133 cm³/mol. The van der Waals surface area contributed by atoms with E-state index in [1.807, 2.05) is 0 Å². The number of nitrogens with zero attached hydrogens (tertiary/aromatic N) is 2. The summed E-state index contributed by atoms with van der Waals surface area (Å²) in [5.41, 5.74) is 1.49. The lowest BCUT2D eigenvalue weighted by Crippen LogP contribution is -2.06. The maximum atomic E-state index is 12.3. The Morgan fingerprint density at radius 3 is 2.61 bits per heavy atom. The zero-order chi connectivity index (χ0) is 25.7. The van der Waals surface area contributed by atoms with Gasteiger partial charge in [-0.15, -0.1) is 0 Å². The lowest BCUT2D eigenvalue weighted by Gasteiger charge is -2.08. The summed E-state index contributed by atoms with van der Waals surface area (Å²) in [5, 5.41) is 11.3. The van der Waals surface area contributed by atoms with E-state index in [0.29, 0.717) is 21.7 Å². The summed E-state index contributed by atoms with van der Waals surface area (Å²) >= 11 is 6.15. The van der Waals surface area contributed by atoms with Gasteiger partial charge in [0.15, 0.2) is 17.2 Å². The molecule has 3 aromatic rings. The first kappa shape index (κ1) is 24.4. The first-order valence-corrected chi connectivity index (χ1v) is 10.8. The lowest BCUT2D eigenvalue weighted by atomic mass is 10.1. The van der Waals surface area contributed by atoms with Crippen molar-refractivity contribution in [3.05, 3.63) is 110 Å². The first-order chi connectivity index (χ1) is 17.3. The van der Waals surface area contributed by atoms with E-state index < -0.39 is 16.9 Å². The van der Waals surface area contributed by atoms with E-state index in [4.69, 9.17) is 25.8 Å². The summed E-state index contributed by atoms with van der Waals surface area (Å²) in [6, 6.07) is 17.4. The van der Waals surface area contributed by atoms with E-state index in [1.54, 1.807) is 42.5 Å². The van der Waals surface area contributed by atoms with Crippen molar-refractivity contribution in [1.82, 2.24) is 0 Å². The molecule has 0 atom stereocenters. The van der Waals surface area contributed by atoms with E-state index in [0.717, 1.165) is 6.08 Å². The molecule has 0 fully saturated rings. The van der Waals surface area contributed by atoms with Gasteiger partial charge in [0.05, 0.1) is 22.6 Å². The summed E-state index contributed by atoms with van der Waals surface area (Å²) in [7, 11) is 1.40. The van der Waals surface area contributed by atoms with Gasteiger partial charge in [-0.1, -0.05) is 41.9 Å². The van der Waals surface area contributed by atoms with Crippen LogP contribution in [0.3, 0.4) is 0 Å². The maximum absolute atomic E-state index is 12.3. The SMILES string of the molecule is COc1cc(/C=C2\N=C(c3ccccc3Cl)OC2=O)ccc1OC(=O)/C=C/c1cccc([N+](=O)[O-])c1. The average molecular weight is 505 g/mol. The second-order valence-corrected chi connectivity index (χ2v) is 7.74. The molecule has 1 heterocycles. The molecule has 1 aliphatic rings. The zero-order valence-corrected chi connectivity index (χ0v) is 19.5. The van der Waals surface area contributed by atoms with Crippen molar-refractivity contribution in [2.24, 2.45) is 4.99 Å². The van der Waals surface area contributed by atoms with Crippen LogP contribution in [0.5, 0.6) is 11.5 Å². The molecule has 0 N–H and O–H groups in total. The predicted octanol–water partition coefficient (Wildman–Crippen LogP) is 5.22. The molecule has 180 valence electrons. The normalized spacial score (nSPS) is 14.0. The van der Waals surface area contributed by atoms with Crippen molar-refractivity contribution >= 4 is 47.3 Å². The van der Waals surface area contributed by atoms with Gasteiger partial charge in [-0.3, -0.25) is 10.1 Å². The summed E-state index contributed by atoms with van der Waals surface area (Å²) < 4.78 is 15.9. The van der Waals surface area contributed by atoms with Crippen molar-refractivity contribution < 1.29 is 28.7 Å². The summed E-state index contributed by atoms with van der Waals surface area (Å²) in [5.74, 6) is -0.861. The van der Waals surface area contributed by atoms with Gasteiger partial charge in [-0.25, -0.2) is 14.6 Å². The second kappa shape index (κ2) is 10.7. The number of methoxy groups -OCH3 is 1. The number of rotatable bonds is 7. The molecule has 0 aromatic heterocycles. The molecule has 10 heteroatoms. The van der Waals surface area contributed by atoms with Gasteiger partial charge in [0.2, 0.25) is 5.90 Å². The number of aliphatic imine (C=N–C) groups is 1. The molecule has 3 aromatic carbocycles. The smallest absolute Gasteiger partial charge is 0.363 e. The highest BCUT2D eigenvalue weighted by atomic mass is 35.5. The molecular formula is C26H17ClN2O7. The van der Waals surface area contributed by atoms with Gasteiger partial charge >= 0.3 is 11.9 Å². The highest BCUT2D eigenvalue weighted by Gasteiger charge is 2.25. The van der Waals surface area contributed by atoms with Crippen LogP contribution in [-0.2, 0) is 14.3 Å². The van der Waals surface area contributed by atoms with E-state index in [9.17, 15) is 19.7 Å². The van der Waals surface area contributed by atoms with Crippen LogP contribution in [-0.4, -0.2) is 29.9 Å². The number of hydrogen-bond donors (Lipinski definition) is 0. The monoisotopic (exact) mass is 504 g/mol. The van der Waals surface area contributed by atoms with E-state index in [-0.39, 0.29) is 28.8 Å². The highest BCUT2D eigenvalue weighted by Crippen LogP contribution is 2.30. The van der Waals surface area contributed by atoms with Gasteiger partial charge in [-0.05, 0) is 47.5 Å². The van der Waals surface area contributed by atoms with Gasteiger partial charge in [0, 0.05) is 18.2 Å². The fraction of sp³-hybridized carbons (Fsp3) is 0.0385. The lowest BCUT2D eigenvalue weighted by molar-refractivity contribution is -0.384. The van der Waals surface area contributed by atoms with Gasteiger partial charge in [-0.2, -0.15) is 0 Å². The number of nitro groups is 1. The molecule has 0 amide bonds. The number of carbonyl (C=O) groups is 2. The standard InChI is InChI=1S/C26H17ClN2O7/c1-34-23-15-17(14-21-26(31)36-25(28-21)19-7-2-3-8-20(19)27)9-11-22(23)35-24(30)12-10-16-5-4-6-18(13-16)29(32)33/h2-15H,1H3/b12-10+,21-14-. The van der Waals surface area contributed by atoms with Crippen LogP contribution in [0.25, 0.3) is 12.2 Å². The molecule has 4 rings (SSSR count). The number of nitro benzene ring substituents is 1. The maximum Gasteiger partial charge on any atom is 0.363 e. The molecule has 0 saturated heterocycles. The first-order valence-electron chi connectivity index (χ1n) is 10.4. The fourth-order valence-corrected chi connectivity index (χ4v) is 3.44. The van der Waals surface area contributed by atoms with Gasteiger partial charge in [0.1, 0.15) is 0 Å². The van der Waals surface area contributed by atoms with Crippen LogP contribution in [0.2, 0.25) is 5.02 Å². The minimum absolute atomic E-state index is 0.0663. The molecule has 0 radical (unpaired) electrons. The largest absolute Gasteiger partial charge is 0.493 e. The van der Waals surface area contributed by atoms with Crippen LogP contribution in [0.1, 0.15) is 16.7 Å². The van der Waals surface area contributed by atoms with Crippen molar-refractivity contribution in [2.45, 2.75) is 0 Å². The quantitative estimate of drug-likeness (QED) is 0.142. The Kier molecular flexibility index (Phi) is 7.22. The van der Waals surface area contributed by atoms with E-state index in [2.05, 4.69) is 4.99 Å². The second-order valence-electron chi connectivity index (χ2n) is 7.33. The molecule has 1 aliphatic heterocycles. The van der Waals surface area contributed by atoms with Crippen LogP contribution in [0.4, 0.5) is 5.69 Å². The Balaban J connectivity index is 1.50. The van der Waals surface area contributed by atoms with Crippen molar-refractivity contribution in [1.29, 1.82) is 0 Å². The number of hydrogen-bond acceptors (Lipinski definition) is 8. The van der Waals surface area contributed by atoms with E-state index >= 15 is 0 Å². The summed E-state index contributed by atoms with van der Waals surface area (Å²) in [6.07, 6.45) is 4.05. The number of carbonyl (C=O) groups excluding carboxylic acids is 2. The number of benzene rings is 3. The van der Waals surface area contributed by atoms with E-state index in [1.165, 1.54) is 43.5 Å². The molecule has 0 aliphatic carbocycles. The van der Waals surface area contributed by atoms with Crippen LogP contribution >= 0.6 is 11.6 Å². The topological polar surface area (TPSA) is 117 Å². The molecule has 0 saturated carbocycles. The minimum atomic E-state index is -0.709. The third-order valence-electron chi connectivity index (χ3n) is 4.92. The number of cyclic esters (lactones) is 1. The van der Waals surface area contributed by atoms with Crippen LogP contribution in [0.15, 0.2) is 83.5 Å². The van der Waals surface area contributed by atoms with Crippen molar-refractivity contribution in [3.8, 4) is 11.5 Å². The minimum Gasteiger partial charge on any atom is -0.493 e. The fourth-order valence-electron chi connectivity index (χ4n) is 3.22. The number of non-ortho nitro benzene ring substituents is 1. The highest BCUT2D eigenvalue weighted by molar-refractivity contribution is 6.34. The third-order valence-corrected chi connectivity index (χ3v) is 5.25. The van der Waals surface area contributed by atoms with Crippen molar-refractivity contribution in [3.63, 3.8) is 0 Å². The Hall–Kier alpha value is -4.76. The average Bonchev–Trinajstić information content (AvgIpc) is 3.23. The zero-order valence-electron chi connectivity index (χ0n) is 18.7.